The standard InChI is InChI=1S/C30H28N4O6S2/c1-19-24(17-31)30(41-27(19)29(36)32-22-8-6-5-7-9-22)33-28(35)21-12-15-25(26(16-21)39-4)40-18-20-10-13-23(14-11-20)42(37,38)34(2)3/h5-16H,18H2,1-4H3,(H,32,36)(H,33,35). The van der Waals surface area contributed by atoms with Gasteiger partial charge in [-0.3, -0.25) is 9.59 Å². The van der Waals surface area contributed by atoms with Gasteiger partial charge in [-0.05, 0) is 60.5 Å². The summed E-state index contributed by atoms with van der Waals surface area (Å²) in [6, 6.07) is 22.0. The summed E-state index contributed by atoms with van der Waals surface area (Å²) in [5.41, 5.74) is 2.29. The molecule has 0 fully saturated rings. The van der Waals surface area contributed by atoms with Crippen molar-refractivity contribution < 1.29 is 27.5 Å². The van der Waals surface area contributed by atoms with E-state index >= 15 is 0 Å². The number of nitriles is 1. The van der Waals surface area contributed by atoms with E-state index in [1.54, 1.807) is 55.5 Å². The maximum Gasteiger partial charge on any atom is 0.266 e. The number of ether oxygens (including phenoxy) is 2. The van der Waals surface area contributed by atoms with Crippen LogP contribution in [0.4, 0.5) is 10.7 Å². The highest BCUT2D eigenvalue weighted by Gasteiger charge is 2.23. The van der Waals surface area contributed by atoms with Crippen LogP contribution in [-0.4, -0.2) is 45.7 Å². The molecule has 0 aliphatic heterocycles. The first-order valence-corrected chi connectivity index (χ1v) is 14.8. The van der Waals surface area contributed by atoms with Gasteiger partial charge < -0.3 is 20.1 Å². The minimum atomic E-state index is -3.53. The van der Waals surface area contributed by atoms with Crippen LogP contribution in [0.15, 0.2) is 77.7 Å². The van der Waals surface area contributed by atoms with Crippen molar-refractivity contribution in [3.8, 4) is 17.6 Å². The summed E-state index contributed by atoms with van der Waals surface area (Å²) in [5.74, 6) is -0.188. The number of carbonyl (C=O) groups is 2. The van der Waals surface area contributed by atoms with E-state index in [2.05, 4.69) is 16.7 Å². The Hall–Kier alpha value is -4.70. The number of nitrogens with zero attached hydrogens (tertiary/aromatic N) is 2. The van der Waals surface area contributed by atoms with Crippen molar-refractivity contribution in [3.63, 3.8) is 0 Å². The topological polar surface area (TPSA) is 138 Å². The lowest BCUT2D eigenvalue weighted by Crippen LogP contribution is -2.22. The summed E-state index contributed by atoms with van der Waals surface area (Å²) >= 11 is 1.02. The summed E-state index contributed by atoms with van der Waals surface area (Å²) in [6.07, 6.45) is 0. The second kappa shape index (κ2) is 12.9. The molecule has 2 amide bonds. The van der Waals surface area contributed by atoms with Crippen molar-refractivity contribution in [2.24, 2.45) is 0 Å². The van der Waals surface area contributed by atoms with E-state index in [4.69, 9.17) is 9.47 Å². The Balaban J connectivity index is 1.47. The van der Waals surface area contributed by atoms with Crippen molar-refractivity contribution in [1.29, 1.82) is 5.26 Å². The average molecular weight is 605 g/mol. The molecule has 1 aromatic heterocycles. The Bertz CT molecular complexity index is 1760. The first kappa shape index (κ1) is 30.3. The molecule has 10 nitrogen and oxygen atoms in total. The van der Waals surface area contributed by atoms with Gasteiger partial charge in [0, 0.05) is 25.3 Å². The monoisotopic (exact) mass is 604 g/mol. The maximum absolute atomic E-state index is 13.1. The molecule has 1 heterocycles. The van der Waals surface area contributed by atoms with Gasteiger partial charge in [0.15, 0.2) is 11.5 Å². The number of sulfonamides is 1. The Labute approximate surface area is 248 Å². The Morgan fingerprint density at radius 3 is 2.26 bits per heavy atom. The fourth-order valence-electron chi connectivity index (χ4n) is 3.90. The van der Waals surface area contributed by atoms with Crippen LogP contribution in [0.5, 0.6) is 11.5 Å². The number of hydrogen-bond donors (Lipinski definition) is 2. The van der Waals surface area contributed by atoms with Gasteiger partial charge in [0.05, 0.1) is 22.4 Å². The molecule has 0 saturated heterocycles. The lowest BCUT2D eigenvalue weighted by molar-refractivity contribution is 0.101. The van der Waals surface area contributed by atoms with Crippen LogP contribution in [-0.2, 0) is 16.6 Å². The van der Waals surface area contributed by atoms with Crippen molar-refractivity contribution >= 4 is 43.9 Å². The molecule has 0 spiro atoms. The molecule has 42 heavy (non-hydrogen) atoms. The van der Waals surface area contributed by atoms with Crippen molar-refractivity contribution in [1.82, 2.24) is 4.31 Å². The fraction of sp³-hybridized carbons (Fsp3) is 0.167. The first-order chi connectivity index (χ1) is 20.0. The molecular formula is C30H28N4O6S2. The number of anilines is 2. The summed E-state index contributed by atoms with van der Waals surface area (Å²) in [4.78, 5) is 26.5. The maximum atomic E-state index is 13.1. The highest BCUT2D eigenvalue weighted by atomic mass is 32.2. The quantitative estimate of drug-likeness (QED) is 0.252. The number of thiophene rings is 1. The normalized spacial score (nSPS) is 11.0. The van der Waals surface area contributed by atoms with E-state index in [1.165, 1.54) is 39.4 Å². The second-order valence-electron chi connectivity index (χ2n) is 9.23. The second-order valence-corrected chi connectivity index (χ2v) is 12.4. The predicted octanol–water partition coefficient (Wildman–Crippen LogP) is 5.27. The van der Waals surface area contributed by atoms with E-state index in [0.29, 0.717) is 27.6 Å². The molecule has 4 rings (SSSR count). The minimum Gasteiger partial charge on any atom is -0.493 e. The predicted molar refractivity (Wildman–Crippen MR) is 161 cm³/mol. The zero-order valence-corrected chi connectivity index (χ0v) is 24.9. The van der Waals surface area contributed by atoms with Gasteiger partial charge >= 0.3 is 0 Å². The van der Waals surface area contributed by atoms with Crippen LogP contribution in [0.1, 0.15) is 36.7 Å². The number of para-hydroxylation sites is 1. The number of nitrogens with one attached hydrogen (secondary N) is 2. The fourth-order valence-corrected chi connectivity index (χ4v) is 5.84. The summed E-state index contributed by atoms with van der Waals surface area (Å²) in [5, 5.41) is 15.5. The van der Waals surface area contributed by atoms with Gasteiger partial charge in [-0.1, -0.05) is 30.3 Å². The minimum absolute atomic E-state index is 0.137. The lowest BCUT2D eigenvalue weighted by Gasteiger charge is -2.13. The first-order valence-electron chi connectivity index (χ1n) is 12.6. The molecule has 216 valence electrons. The van der Waals surface area contributed by atoms with Crippen LogP contribution < -0.4 is 20.1 Å². The van der Waals surface area contributed by atoms with Gasteiger partial charge in [0.1, 0.15) is 17.7 Å². The number of amides is 2. The van der Waals surface area contributed by atoms with Crippen LogP contribution in [0.3, 0.4) is 0 Å². The number of hydrogen-bond acceptors (Lipinski definition) is 8. The lowest BCUT2D eigenvalue weighted by atomic mass is 10.1. The Morgan fingerprint density at radius 2 is 1.64 bits per heavy atom. The van der Waals surface area contributed by atoms with E-state index in [9.17, 15) is 23.3 Å². The van der Waals surface area contributed by atoms with Crippen molar-refractivity contribution in [3.05, 3.63) is 99.9 Å². The van der Waals surface area contributed by atoms with Gasteiger partial charge in [-0.2, -0.15) is 5.26 Å². The van der Waals surface area contributed by atoms with Crippen molar-refractivity contribution in [2.75, 3.05) is 31.8 Å². The zero-order chi connectivity index (χ0) is 30.4. The van der Waals surface area contributed by atoms with Crippen LogP contribution in [0, 0.1) is 18.3 Å². The van der Waals surface area contributed by atoms with E-state index in [0.717, 1.165) is 21.2 Å². The summed E-state index contributed by atoms with van der Waals surface area (Å²) in [6.45, 7) is 1.80. The van der Waals surface area contributed by atoms with Gasteiger partial charge in [0.2, 0.25) is 10.0 Å². The molecule has 0 atom stereocenters. The number of carbonyl (C=O) groups excluding carboxylic acids is 2. The number of rotatable bonds is 10. The van der Waals surface area contributed by atoms with E-state index in [1.807, 2.05) is 6.07 Å². The molecule has 12 heteroatoms. The molecule has 2 N–H and O–H groups in total. The average Bonchev–Trinajstić information content (AvgIpc) is 3.30. The molecule has 0 aliphatic carbocycles. The molecule has 0 radical (unpaired) electrons. The highest BCUT2D eigenvalue weighted by Crippen LogP contribution is 2.34. The highest BCUT2D eigenvalue weighted by molar-refractivity contribution is 7.89. The molecule has 4 aromatic rings. The Morgan fingerprint density at radius 1 is 0.952 bits per heavy atom. The summed E-state index contributed by atoms with van der Waals surface area (Å²) in [7, 11) is 0.846. The van der Waals surface area contributed by atoms with Gasteiger partial charge in [-0.15, -0.1) is 11.3 Å². The van der Waals surface area contributed by atoms with E-state index < -0.39 is 15.9 Å². The van der Waals surface area contributed by atoms with Crippen LogP contribution in [0.2, 0.25) is 0 Å². The third-order valence-corrected chi connectivity index (χ3v) is 9.28. The zero-order valence-electron chi connectivity index (χ0n) is 23.3. The molecule has 3 aromatic carbocycles. The molecule has 0 aliphatic rings. The number of benzene rings is 3. The molecule has 0 saturated carbocycles. The van der Waals surface area contributed by atoms with Gasteiger partial charge in [-0.25, -0.2) is 12.7 Å². The van der Waals surface area contributed by atoms with Crippen molar-refractivity contribution in [2.45, 2.75) is 18.4 Å². The third-order valence-electron chi connectivity index (χ3n) is 6.25. The number of methoxy groups -OCH3 is 1. The summed E-state index contributed by atoms with van der Waals surface area (Å²) < 4.78 is 37.0. The van der Waals surface area contributed by atoms with Crippen LogP contribution >= 0.6 is 11.3 Å². The van der Waals surface area contributed by atoms with Gasteiger partial charge in [0.25, 0.3) is 11.8 Å². The molecular weight excluding hydrogens is 576 g/mol. The molecule has 0 unspecified atom stereocenters. The van der Waals surface area contributed by atoms with Crippen LogP contribution in [0.25, 0.3) is 0 Å². The largest absolute Gasteiger partial charge is 0.493 e. The Kier molecular flexibility index (Phi) is 9.27. The third kappa shape index (κ3) is 6.60. The SMILES string of the molecule is COc1cc(C(=O)Nc2sc(C(=O)Nc3ccccc3)c(C)c2C#N)ccc1OCc1ccc(S(=O)(=O)N(C)C)cc1. The van der Waals surface area contributed by atoms with E-state index in [-0.39, 0.29) is 33.5 Å². The molecule has 0 bridgehead atoms. The smallest absolute Gasteiger partial charge is 0.266 e.